The van der Waals surface area contributed by atoms with Crippen molar-refractivity contribution in [3.05, 3.63) is 51.7 Å². The van der Waals surface area contributed by atoms with E-state index < -0.39 is 11.9 Å². The molecule has 0 spiro atoms. The molecule has 0 aliphatic heterocycles. The van der Waals surface area contributed by atoms with E-state index in [1.807, 2.05) is 0 Å². The number of fused-ring (bicyclic) bond motifs is 1. The maximum Gasteiger partial charge on any atom is 0.348 e. The van der Waals surface area contributed by atoms with Crippen LogP contribution in [0, 0.1) is 0 Å². The number of ether oxygens (including phenoxy) is 2. The Morgan fingerprint density at radius 1 is 1.00 bits per heavy atom. The van der Waals surface area contributed by atoms with E-state index in [1.54, 1.807) is 36.4 Å². The lowest BCUT2D eigenvalue weighted by Crippen LogP contribution is -2.07. The van der Waals surface area contributed by atoms with Gasteiger partial charge in [-0.3, -0.25) is 9.59 Å². The van der Waals surface area contributed by atoms with Crippen LogP contribution >= 0.6 is 22.7 Å². The molecule has 7 heteroatoms. The van der Waals surface area contributed by atoms with Crippen LogP contribution in [0.3, 0.4) is 0 Å². The first-order valence-electron chi connectivity index (χ1n) is 6.93. The summed E-state index contributed by atoms with van der Waals surface area (Å²) in [5.41, 5.74) is 0.329. The summed E-state index contributed by atoms with van der Waals surface area (Å²) in [4.78, 5) is 36.5. The number of rotatable bonds is 4. The standard InChI is InChI=1S/C17H12O5S2/c1-9(18)22-12-6-4-3-5-11(12)15(19)13-7-10-8-14(16(20)21-2)24-17(10)23-13/h3-8H,1-2H3. The topological polar surface area (TPSA) is 69.7 Å². The molecule has 0 saturated carbocycles. The van der Waals surface area contributed by atoms with Crippen molar-refractivity contribution in [1.82, 2.24) is 0 Å². The summed E-state index contributed by atoms with van der Waals surface area (Å²) in [6.45, 7) is 1.29. The van der Waals surface area contributed by atoms with Crippen LogP contribution in [0.2, 0.25) is 0 Å². The minimum Gasteiger partial charge on any atom is -0.465 e. The van der Waals surface area contributed by atoms with Crippen LogP contribution in [0.4, 0.5) is 0 Å². The number of benzene rings is 1. The third-order valence-corrected chi connectivity index (χ3v) is 5.58. The molecule has 0 amide bonds. The quantitative estimate of drug-likeness (QED) is 0.401. The third kappa shape index (κ3) is 3.08. The van der Waals surface area contributed by atoms with Crippen molar-refractivity contribution in [2.75, 3.05) is 7.11 Å². The number of ketones is 1. The van der Waals surface area contributed by atoms with Crippen molar-refractivity contribution in [1.29, 1.82) is 0 Å². The highest BCUT2D eigenvalue weighted by atomic mass is 32.2. The van der Waals surface area contributed by atoms with E-state index in [9.17, 15) is 14.4 Å². The highest BCUT2D eigenvalue weighted by Gasteiger charge is 2.20. The fraction of sp³-hybridized carbons (Fsp3) is 0.118. The lowest BCUT2D eigenvalue weighted by atomic mass is 10.1. The first-order valence-corrected chi connectivity index (χ1v) is 8.56. The summed E-state index contributed by atoms with van der Waals surface area (Å²) in [6.07, 6.45) is 0. The predicted octanol–water partition coefficient (Wildman–Crippen LogP) is 3.91. The number of hydrogen-bond donors (Lipinski definition) is 0. The molecule has 24 heavy (non-hydrogen) atoms. The van der Waals surface area contributed by atoms with E-state index in [0.29, 0.717) is 15.3 Å². The van der Waals surface area contributed by atoms with E-state index in [-0.39, 0.29) is 11.5 Å². The zero-order chi connectivity index (χ0) is 17.3. The van der Waals surface area contributed by atoms with E-state index in [0.717, 1.165) is 9.40 Å². The van der Waals surface area contributed by atoms with Gasteiger partial charge in [-0.2, -0.15) is 0 Å². The molecule has 1 aromatic carbocycles. The van der Waals surface area contributed by atoms with Crippen LogP contribution in [0.1, 0.15) is 31.8 Å². The van der Waals surface area contributed by atoms with Gasteiger partial charge in [0.1, 0.15) is 10.6 Å². The number of hydrogen-bond acceptors (Lipinski definition) is 7. The van der Waals surface area contributed by atoms with Crippen molar-refractivity contribution in [3.8, 4) is 5.75 Å². The van der Waals surface area contributed by atoms with Gasteiger partial charge in [0.25, 0.3) is 0 Å². The van der Waals surface area contributed by atoms with Gasteiger partial charge in [-0.05, 0) is 24.3 Å². The number of esters is 2. The zero-order valence-electron chi connectivity index (χ0n) is 12.8. The van der Waals surface area contributed by atoms with Crippen molar-refractivity contribution in [2.45, 2.75) is 6.92 Å². The smallest absolute Gasteiger partial charge is 0.348 e. The van der Waals surface area contributed by atoms with Crippen LogP contribution in [0.25, 0.3) is 9.40 Å². The molecule has 2 heterocycles. The molecule has 0 unspecified atom stereocenters. The summed E-state index contributed by atoms with van der Waals surface area (Å²) in [5.74, 6) is -0.858. The second-order valence-corrected chi connectivity index (χ2v) is 7.24. The Kier molecular flexibility index (Phi) is 4.46. The number of para-hydroxylation sites is 1. The number of thiophene rings is 2. The monoisotopic (exact) mass is 360 g/mol. The average molecular weight is 360 g/mol. The zero-order valence-corrected chi connectivity index (χ0v) is 14.5. The third-order valence-electron chi connectivity index (χ3n) is 3.21. The van der Waals surface area contributed by atoms with Crippen LogP contribution in [-0.2, 0) is 9.53 Å². The van der Waals surface area contributed by atoms with Gasteiger partial charge < -0.3 is 9.47 Å². The number of carbonyl (C=O) groups excluding carboxylic acids is 3. The molecule has 0 bridgehead atoms. The van der Waals surface area contributed by atoms with Gasteiger partial charge in [-0.15, -0.1) is 22.7 Å². The van der Waals surface area contributed by atoms with Crippen molar-refractivity contribution in [2.24, 2.45) is 0 Å². The number of carbonyl (C=O) groups is 3. The second-order valence-electron chi connectivity index (χ2n) is 4.87. The van der Waals surface area contributed by atoms with Gasteiger partial charge >= 0.3 is 11.9 Å². The van der Waals surface area contributed by atoms with Gasteiger partial charge in [0, 0.05) is 12.3 Å². The van der Waals surface area contributed by atoms with Crippen LogP contribution in [0.5, 0.6) is 5.75 Å². The van der Waals surface area contributed by atoms with Gasteiger partial charge in [0.05, 0.1) is 21.6 Å². The average Bonchev–Trinajstić information content (AvgIpc) is 3.12. The van der Waals surface area contributed by atoms with Crippen LogP contribution in [-0.4, -0.2) is 24.8 Å². The van der Waals surface area contributed by atoms with Crippen molar-refractivity contribution < 1.29 is 23.9 Å². The molecule has 0 aliphatic carbocycles. The van der Waals surface area contributed by atoms with Gasteiger partial charge in [0.2, 0.25) is 5.78 Å². The molecule has 2 aromatic heterocycles. The van der Waals surface area contributed by atoms with Crippen molar-refractivity contribution in [3.63, 3.8) is 0 Å². The summed E-state index contributed by atoms with van der Waals surface area (Å²) in [6, 6.07) is 10.1. The molecule has 0 N–H and O–H groups in total. The summed E-state index contributed by atoms with van der Waals surface area (Å²) in [7, 11) is 1.33. The Bertz CT molecular complexity index is 919. The molecular formula is C17H12O5S2. The Balaban J connectivity index is 1.96. The molecular weight excluding hydrogens is 348 g/mol. The molecule has 122 valence electrons. The molecule has 0 aliphatic rings. The van der Waals surface area contributed by atoms with Crippen molar-refractivity contribution >= 4 is 49.8 Å². The lowest BCUT2D eigenvalue weighted by molar-refractivity contribution is -0.131. The Hall–Kier alpha value is -2.51. The molecule has 0 atom stereocenters. The maximum atomic E-state index is 12.7. The van der Waals surface area contributed by atoms with Gasteiger partial charge in [-0.25, -0.2) is 4.79 Å². The van der Waals surface area contributed by atoms with E-state index in [4.69, 9.17) is 9.47 Å². The highest BCUT2D eigenvalue weighted by Crippen LogP contribution is 2.35. The van der Waals surface area contributed by atoms with E-state index in [1.165, 1.54) is 36.7 Å². The SMILES string of the molecule is COC(=O)c1cc2cc(C(=O)c3ccccc3OC(C)=O)sc2s1. The fourth-order valence-electron chi connectivity index (χ4n) is 2.18. The summed E-state index contributed by atoms with van der Waals surface area (Å²) >= 11 is 2.58. The number of methoxy groups -OCH3 is 1. The highest BCUT2D eigenvalue weighted by molar-refractivity contribution is 7.39. The largest absolute Gasteiger partial charge is 0.465 e. The normalized spacial score (nSPS) is 10.6. The first-order chi connectivity index (χ1) is 11.5. The molecule has 3 aromatic rings. The first kappa shape index (κ1) is 16.4. The Labute approximate surface area is 145 Å². The Morgan fingerprint density at radius 3 is 2.33 bits per heavy atom. The Morgan fingerprint density at radius 2 is 1.67 bits per heavy atom. The van der Waals surface area contributed by atoms with Gasteiger partial charge in [0.15, 0.2) is 0 Å². The van der Waals surface area contributed by atoms with Crippen LogP contribution in [0.15, 0.2) is 36.4 Å². The molecule has 5 nitrogen and oxygen atoms in total. The maximum absolute atomic E-state index is 12.7. The lowest BCUT2D eigenvalue weighted by Gasteiger charge is -2.06. The van der Waals surface area contributed by atoms with E-state index in [2.05, 4.69) is 0 Å². The van der Waals surface area contributed by atoms with Crippen LogP contribution < -0.4 is 4.74 Å². The van der Waals surface area contributed by atoms with E-state index >= 15 is 0 Å². The van der Waals surface area contributed by atoms with Gasteiger partial charge in [-0.1, -0.05) is 12.1 Å². The molecule has 0 fully saturated rings. The molecule has 0 saturated heterocycles. The summed E-state index contributed by atoms with van der Waals surface area (Å²) in [5, 5.41) is 0.818. The predicted molar refractivity (Wildman–Crippen MR) is 92.2 cm³/mol. The second kappa shape index (κ2) is 6.54. The molecule has 0 radical (unpaired) electrons. The minimum absolute atomic E-state index is 0.222. The summed E-state index contributed by atoms with van der Waals surface area (Å²) < 4.78 is 10.7. The molecule has 3 rings (SSSR count). The fourth-order valence-corrected chi connectivity index (χ4v) is 4.50. The minimum atomic E-state index is -0.481.